The van der Waals surface area contributed by atoms with Crippen LogP contribution in [0, 0.1) is 5.92 Å². The van der Waals surface area contributed by atoms with E-state index < -0.39 is 0 Å². The lowest BCUT2D eigenvalue weighted by Crippen LogP contribution is -2.22. The minimum atomic E-state index is 0.261. The molecule has 1 aromatic rings. The van der Waals surface area contributed by atoms with E-state index >= 15 is 0 Å². The lowest BCUT2D eigenvalue weighted by molar-refractivity contribution is 0.0855. The van der Waals surface area contributed by atoms with Gasteiger partial charge in [0.25, 0.3) is 0 Å². The van der Waals surface area contributed by atoms with Gasteiger partial charge in [0, 0.05) is 31.8 Å². The third-order valence-electron chi connectivity index (χ3n) is 2.97. The Morgan fingerprint density at radius 2 is 2.13 bits per heavy atom. The molecule has 0 bridgehead atoms. The highest BCUT2D eigenvalue weighted by atomic mass is 16.1. The molecule has 3 heteroatoms. The van der Waals surface area contributed by atoms with Crippen LogP contribution in [0.5, 0.6) is 0 Å². The molecular weight excluding hydrogens is 188 g/mol. The summed E-state index contributed by atoms with van der Waals surface area (Å²) in [6, 6.07) is 3.77. The van der Waals surface area contributed by atoms with Crippen molar-refractivity contribution < 1.29 is 4.79 Å². The van der Waals surface area contributed by atoms with Crippen molar-refractivity contribution in [2.24, 2.45) is 5.92 Å². The Morgan fingerprint density at radius 3 is 2.53 bits per heavy atom. The van der Waals surface area contributed by atoms with Crippen molar-refractivity contribution in [3.8, 4) is 0 Å². The molecule has 2 rings (SSSR count). The van der Waals surface area contributed by atoms with Crippen molar-refractivity contribution >= 4 is 11.6 Å². The van der Waals surface area contributed by atoms with Gasteiger partial charge in [-0.15, -0.1) is 0 Å². The highest BCUT2D eigenvalue weighted by Gasteiger charge is 2.26. The summed E-state index contributed by atoms with van der Waals surface area (Å²) in [5, 5.41) is 0. The molecule has 1 aromatic heterocycles. The van der Waals surface area contributed by atoms with Crippen LogP contribution in [-0.2, 0) is 0 Å². The number of nitrogens with zero attached hydrogens (tertiary/aromatic N) is 2. The number of rotatable bonds is 3. The molecule has 0 unspecified atom stereocenters. The van der Waals surface area contributed by atoms with Crippen molar-refractivity contribution in [1.82, 2.24) is 4.98 Å². The molecule has 15 heavy (non-hydrogen) atoms. The first-order valence-corrected chi connectivity index (χ1v) is 5.36. The lowest BCUT2D eigenvalue weighted by atomic mass is 9.80. The lowest BCUT2D eigenvalue weighted by Gasteiger charge is -2.23. The van der Waals surface area contributed by atoms with Gasteiger partial charge in [-0.25, -0.2) is 4.98 Å². The molecule has 1 fully saturated rings. The maximum Gasteiger partial charge on any atom is 0.167 e. The highest BCUT2D eigenvalue weighted by molar-refractivity contribution is 5.98. The van der Waals surface area contributed by atoms with Crippen LogP contribution in [0.3, 0.4) is 0 Å². The van der Waals surface area contributed by atoms with Crippen LogP contribution < -0.4 is 4.90 Å². The normalized spacial score (nSPS) is 15.9. The van der Waals surface area contributed by atoms with Crippen molar-refractivity contribution in [2.45, 2.75) is 19.3 Å². The molecule has 0 amide bonds. The van der Waals surface area contributed by atoms with Gasteiger partial charge in [-0.3, -0.25) is 4.79 Å². The Balaban J connectivity index is 2.12. The summed E-state index contributed by atoms with van der Waals surface area (Å²) in [4.78, 5) is 18.0. The van der Waals surface area contributed by atoms with E-state index in [1.165, 1.54) is 6.42 Å². The van der Waals surface area contributed by atoms with E-state index in [1.54, 1.807) is 6.20 Å². The van der Waals surface area contributed by atoms with Gasteiger partial charge in [-0.1, -0.05) is 6.42 Å². The third kappa shape index (κ3) is 2.01. The predicted octanol–water partition coefficient (Wildman–Crippen LogP) is 2.13. The van der Waals surface area contributed by atoms with Gasteiger partial charge in [-0.05, 0) is 25.0 Å². The molecule has 0 radical (unpaired) electrons. The molecule has 3 nitrogen and oxygen atoms in total. The Kier molecular flexibility index (Phi) is 2.71. The zero-order chi connectivity index (χ0) is 10.8. The predicted molar refractivity (Wildman–Crippen MR) is 60.2 cm³/mol. The smallest absolute Gasteiger partial charge is 0.167 e. The minimum Gasteiger partial charge on any atom is -0.363 e. The van der Waals surface area contributed by atoms with E-state index in [4.69, 9.17) is 0 Å². The number of hydrogen-bond acceptors (Lipinski definition) is 3. The summed E-state index contributed by atoms with van der Waals surface area (Å²) < 4.78 is 0. The van der Waals surface area contributed by atoms with Gasteiger partial charge in [0.1, 0.15) is 5.82 Å². The molecule has 0 spiro atoms. The molecule has 0 aromatic carbocycles. The van der Waals surface area contributed by atoms with Crippen LogP contribution in [0.15, 0.2) is 18.3 Å². The van der Waals surface area contributed by atoms with Crippen LogP contribution in [0.4, 0.5) is 5.82 Å². The summed E-state index contributed by atoms with van der Waals surface area (Å²) in [7, 11) is 3.88. The topological polar surface area (TPSA) is 33.2 Å². The standard InChI is InChI=1S/C12H16N2O/c1-14(2)11-7-6-10(8-13-11)12(15)9-4-3-5-9/h6-9H,3-5H2,1-2H3. The van der Waals surface area contributed by atoms with E-state index in [9.17, 15) is 4.79 Å². The third-order valence-corrected chi connectivity index (χ3v) is 2.97. The number of carbonyl (C=O) groups is 1. The zero-order valence-electron chi connectivity index (χ0n) is 9.23. The van der Waals surface area contributed by atoms with Crippen molar-refractivity contribution in [3.63, 3.8) is 0 Å². The highest BCUT2D eigenvalue weighted by Crippen LogP contribution is 2.29. The molecule has 0 atom stereocenters. The van der Waals surface area contributed by atoms with Crippen LogP contribution in [-0.4, -0.2) is 24.9 Å². The second kappa shape index (κ2) is 4.01. The number of hydrogen-bond donors (Lipinski definition) is 0. The maximum atomic E-state index is 11.9. The molecular formula is C12H16N2O. The van der Waals surface area contributed by atoms with Crippen LogP contribution in [0.25, 0.3) is 0 Å². The van der Waals surface area contributed by atoms with Gasteiger partial charge in [-0.2, -0.15) is 0 Å². The van der Waals surface area contributed by atoms with Gasteiger partial charge in [0.15, 0.2) is 5.78 Å². The number of anilines is 1. The van der Waals surface area contributed by atoms with Crippen molar-refractivity contribution in [2.75, 3.05) is 19.0 Å². The van der Waals surface area contributed by atoms with E-state index in [0.717, 1.165) is 24.2 Å². The van der Waals surface area contributed by atoms with Crippen LogP contribution in [0.1, 0.15) is 29.6 Å². The first-order valence-electron chi connectivity index (χ1n) is 5.36. The largest absolute Gasteiger partial charge is 0.363 e. The quantitative estimate of drug-likeness (QED) is 0.707. The van der Waals surface area contributed by atoms with E-state index in [-0.39, 0.29) is 11.7 Å². The van der Waals surface area contributed by atoms with E-state index in [0.29, 0.717) is 0 Å². The summed E-state index contributed by atoms with van der Waals surface area (Å²) in [6.07, 6.45) is 4.98. The number of Topliss-reactive ketones (excluding diaryl/α,β-unsaturated/α-hetero) is 1. The second-order valence-electron chi connectivity index (χ2n) is 4.29. The fourth-order valence-corrected chi connectivity index (χ4v) is 1.70. The van der Waals surface area contributed by atoms with Crippen LogP contribution in [0.2, 0.25) is 0 Å². The molecule has 80 valence electrons. The zero-order valence-corrected chi connectivity index (χ0v) is 9.23. The summed E-state index contributed by atoms with van der Waals surface area (Å²) in [6.45, 7) is 0. The molecule has 1 aliphatic carbocycles. The van der Waals surface area contributed by atoms with Crippen molar-refractivity contribution in [3.05, 3.63) is 23.9 Å². The molecule has 1 aliphatic rings. The molecule has 0 aliphatic heterocycles. The number of aromatic nitrogens is 1. The average molecular weight is 204 g/mol. The van der Waals surface area contributed by atoms with E-state index in [2.05, 4.69) is 4.98 Å². The second-order valence-corrected chi connectivity index (χ2v) is 4.29. The van der Waals surface area contributed by atoms with Gasteiger partial charge in [0.2, 0.25) is 0 Å². The summed E-state index contributed by atoms with van der Waals surface area (Å²) in [5.74, 6) is 1.41. The Hall–Kier alpha value is -1.38. The fraction of sp³-hybridized carbons (Fsp3) is 0.500. The Bertz CT molecular complexity index is 352. The Labute approximate surface area is 90.1 Å². The number of pyridine rings is 1. The maximum absolute atomic E-state index is 11.9. The SMILES string of the molecule is CN(C)c1ccc(C(=O)C2CCC2)cn1. The fourth-order valence-electron chi connectivity index (χ4n) is 1.70. The van der Waals surface area contributed by atoms with Crippen LogP contribution >= 0.6 is 0 Å². The number of carbonyl (C=O) groups excluding carboxylic acids is 1. The van der Waals surface area contributed by atoms with Gasteiger partial charge < -0.3 is 4.90 Å². The first kappa shape index (κ1) is 10.1. The monoisotopic (exact) mass is 204 g/mol. The molecule has 0 N–H and O–H groups in total. The Morgan fingerprint density at radius 1 is 1.40 bits per heavy atom. The van der Waals surface area contributed by atoms with Gasteiger partial charge in [0.05, 0.1) is 0 Å². The van der Waals surface area contributed by atoms with Gasteiger partial charge >= 0.3 is 0 Å². The molecule has 1 heterocycles. The number of ketones is 1. The van der Waals surface area contributed by atoms with Crippen molar-refractivity contribution in [1.29, 1.82) is 0 Å². The average Bonchev–Trinajstić information content (AvgIpc) is 2.15. The van der Waals surface area contributed by atoms with E-state index in [1.807, 2.05) is 31.1 Å². The minimum absolute atomic E-state index is 0.261. The molecule has 1 saturated carbocycles. The summed E-state index contributed by atoms with van der Waals surface area (Å²) >= 11 is 0. The summed E-state index contributed by atoms with van der Waals surface area (Å²) in [5.41, 5.74) is 0.755. The molecule has 0 saturated heterocycles. The first-order chi connectivity index (χ1) is 7.18.